The van der Waals surface area contributed by atoms with Crippen LogP contribution in [0.3, 0.4) is 0 Å². The molecular formula is C12H18NO. The SMILES string of the molecule is CCCCCCc1cccc(C[O])n1. The molecule has 0 saturated heterocycles. The van der Waals surface area contributed by atoms with Gasteiger partial charge in [0.25, 0.3) is 0 Å². The second-order valence-electron chi connectivity index (χ2n) is 3.58. The summed E-state index contributed by atoms with van der Waals surface area (Å²) in [5.74, 6) is 0. The molecule has 0 unspecified atom stereocenters. The standard InChI is InChI=1S/C12H18NO/c1-2-3-4-5-7-11-8-6-9-12(10-14)13-11/h6,8-9H,2-5,7,10H2,1H3. The van der Waals surface area contributed by atoms with Crippen molar-refractivity contribution in [1.82, 2.24) is 4.98 Å². The molecule has 1 heterocycles. The molecule has 1 aromatic heterocycles. The third kappa shape index (κ3) is 3.88. The molecule has 2 nitrogen and oxygen atoms in total. The van der Waals surface area contributed by atoms with E-state index in [2.05, 4.69) is 11.9 Å². The van der Waals surface area contributed by atoms with Crippen LogP contribution in [0.4, 0.5) is 0 Å². The molecule has 0 saturated carbocycles. The minimum Gasteiger partial charge on any atom is -0.255 e. The van der Waals surface area contributed by atoms with Crippen molar-refractivity contribution < 1.29 is 5.11 Å². The maximum absolute atomic E-state index is 10.6. The molecule has 0 aromatic carbocycles. The summed E-state index contributed by atoms with van der Waals surface area (Å²) in [4.78, 5) is 4.28. The van der Waals surface area contributed by atoms with E-state index in [0.29, 0.717) is 5.69 Å². The van der Waals surface area contributed by atoms with Crippen LogP contribution in [-0.2, 0) is 18.1 Å². The van der Waals surface area contributed by atoms with Gasteiger partial charge in [0, 0.05) is 5.69 Å². The van der Waals surface area contributed by atoms with Gasteiger partial charge >= 0.3 is 0 Å². The topological polar surface area (TPSA) is 32.8 Å². The molecule has 0 aliphatic carbocycles. The van der Waals surface area contributed by atoms with E-state index in [4.69, 9.17) is 0 Å². The van der Waals surface area contributed by atoms with E-state index < -0.39 is 0 Å². The fourth-order valence-corrected chi connectivity index (χ4v) is 1.48. The minimum atomic E-state index is -0.206. The number of aromatic nitrogens is 1. The number of pyridine rings is 1. The molecule has 0 bridgehead atoms. The third-order valence-electron chi connectivity index (χ3n) is 2.30. The van der Waals surface area contributed by atoms with Crippen molar-refractivity contribution in [2.75, 3.05) is 0 Å². The predicted molar refractivity (Wildman–Crippen MR) is 56.5 cm³/mol. The molecular weight excluding hydrogens is 174 g/mol. The van der Waals surface area contributed by atoms with Gasteiger partial charge in [-0.25, -0.2) is 5.11 Å². The smallest absolute Gasteiger partial charge is 0.124 e. The monoisotopic (exact) mass is 192 g/mol. The fourth-order valence-electron chi connectivity index (χ4n) is 1.48. The summed E-state index contributed by atoms with van der Waals surface area (Å²) in [5.41, 5.74) is 1.73. The van der Waals surface area contributed by atoms with Gasteiger partial charge in [0.1, 0.15) is 6.61 Å². The average Bonchev–Trinajstić information content (AvgIpc) is 2.25. The molecule has 2 heteroatoms. The summed E-state index contributed by atoms with van der Waals surface area (Å²) >= 11 is 0. The van der Waals surface area contributed by atoms with Crippen molar-refractivity contribution in [2.24, 2.45) is 0 Å². The van der Waals surface area contributed by atoms with Crippen LogP contribution >= 0.6 is 0 Å². The van der Waals surface area contributed by atoms with Crippen molar-refractivity contribution in [2.45, 2.75) is 45.6 Å². The van der Waals surface area contributed by atoms with Gasteiger partial charge in [-0.2, -0.15) is 0 Å². The van der Waals surface area contributed by atoms with Gasteiger partial charge in [-0.3, -0.25) is 4.98 Å². The Kier molecular flexibility index (Phi) is 5.23. The molecule has 0 N–H and O–H groups in total. The molecule has 0 amide bonds. The Bertz CT molecular complexity index is 260. The molecule has 77 valence electrons. The van der Waals surface area contributed by atoms with Crippen molar-refractivity contribution in [3.8, 4) is 0 Å². The van der Waals surface area contributed by atoms with Crippen LogP contribution in [0.25, 0.3) is 0 Å². The third-order valence-corrected chi connectivity index (χ3v) is 2.30. The van der Waals surface area contributed by atoms with Gasteiger partial charge in [0.2, 0.25) is 0 Å². The van der Waals surface area contributed by atoms with Crippen LogP contribution in [0, 0.1) is 0 Å². The number of nitrogens with zero attached hydrogens (tertiary/aromatic N) is 1. The van der Waals surface area contributed by atoms with Gasteiger partial charge in [0.15, 0.2) is 0 Å². The highest BCUT2D eigenvalue weighted by atomic mass is 16.3. The number of hydrogen-bond acceptors (Lipinski definition) is 1. The molecule has 0 aliphatic rings. The molecule has 0 fully saturated rings. The lowest BCUT2D eigenvalue weighted by Gasteiger charge is -2.01. The van der Waals surface area contributed by atoms with Gasteiger partial charge in [-0.05, 0) is 25.0 Å². The first-order valence-electron chi connectivity index (χ1n) is 5.39. The van der Waals surface area contributed by atoms with Crippen molar-refractivity contribution in [3.05, 3.63) is 29.6 Å². The normalized spacial score (nSPS) is 10.4. The van der Waals surface area contributed by atoms with Crippen LogP contribution in [0.2, 0.25) is 0 Å². The number of rotatable bonds is 6. The number of hydrogen-bond donors (Lipinski definition) is 0. The van der Waals surface area contributed by atoms with E-state index >= 15 is 0 Å². The van der Waals surface area contributed by atoms with Gasteiger partial charge in [0.05, 0.1) is 5.69 Å². The highest BCUT2D eigenvalue weighted by Gasteiger charge is 1.97. The molecule has 1 aromatic rings. The zero-order valence-corrected chi connectivity index (χ0v) is 8.83. The Morgan fingerprint density at radius 1 is 1.14 bits per heavy atom. The molecule has 0 aliphatic heterocycles. The van der Waals surface area contributed by atoms with Crippen molar-refractivity contribution >= 4 is 0 Å². The summed E-state index contributed by atoms with van der Waals surface area (Å²) in [7, 11) is 0. The van der Waals surface area contributed by atoms with E-state index in [1.807, 2.05) is 12.1 Å². The van der Waals surface area contributed by atoms with Crippen LogP contribution in [0.1, 0.15) is 44.0 Å². The summed E-state index contributed by atoms with van der Waals surface area (Å²) in [6.45, 7) is 2.00. The Labute approximate surface area is 86.0 Å². The largest absolute Gasteiger partial charge is 0.255 e. The van der Waals surface area contributed by atoms with E-state index in [9.17, 15) is 5.11 Å². The van der Waals surface area contributed by atoms with Crippen LogP contribution in [-0.4, -0.2) is 4.98 Å². The maximum Gasteiger partial charge on any atom is 0.124 e. The van der Waals surface area contributed by atoms with Crippen molar-refractivity contribution in [3.63, 3.8) is 0 Å². The zero-order valence-electron chi connectivity index (χ0n) is 8.83. The van der Waals surface area contributed by atoms with E-state index in [1.54, 1.807) is 6.07 Å². The van der Waals surface area contributed by atoms with Gasteiger partial charge < -0.3 is 0 Å². The summed E-state index contributed by atoms with van der Waals surface area (Å²) in [6, 6.07) is 5.73. The molecule has 0 atom stereocenters. The van der Waals surface area contributed by atoms with Crippen LogP contribution < -0.4 is 0 Å². The second-order valence-corrected chi connectivity index (χ2v) is 3.58. The first-order chi connectivity index (χ1) is 6.86. The Morgan fingerprint density at radius 2 is 1.93 bits per heavy atom. The first-order valence-corrected chi connectivity index (χ1v) is 5.39. The fraction of sp³-hybridized carbons (Fsp3) is 0.583. The molecule has 1 rings (SSSR count). The molecule has 1 radical (unpaired) electrons. The average molecular weight is 192 g/mol. The zero-order chi connectivity index (χ0) is 10.2. The van der Waals surface area contributed by atoms with E-state index in [0.717, 1.165) is 12.1 Å². The molecule has 14 heavy (non-hydrogen) atoms. The predicted octanol–water partition coefficient (Wildman–Crippen LogP) is 3.13. The van der Waals surface area contributed by atoms with Crippen molar-refractivity contribution in [1.29, 1.82) is 0 Å². The second kappa shape index (κ2) is 6.55. The summed E-state index contributed by atoms with van der Waals surface area (Å²) in [5, 5.41) is 10.6. The number of unbranched alkanes of at least 4 members (excludes halogenated alkanes) is 3. The Balaban J connectivity index is 2.34. The summed E-state index contributed by atoms with van der Waals surface area (Å²) in [6.07, 6.45) is 6.01. The van der Waals surface area contributed by atoms with E-state index in [1.165, 1.54) is 25.7 Å². The quantitative estimate of drug-likeness (QED) is 0.637. The maximum atomic E-state index is 10.6. The lowest BCUT2D eigenvalue weighted by Crippen LogP contribution is -1.94. The lowest BCUT2D eigenvalue weighted by atomic mass is 10.1. The Hall–Kier alpha value is -0.890. The summed E-state index contributed by atoms with van der Waals surface area (Å²) < 4.78 is 0. The highest BCUT2D eigenvalue weighted by Crippen LogP contribution is 2.06. The number of aryl methyl sites for hydroxylation is 1. The van der Waals surface area contributed by atoms with Gasteiger partial charge in [-0.15, -0.1) is 0 Å². The lowest BCUT2D eigenvalue weighted by molar-refractivity contribution is 0.173. The minimum absolute atomic E-state index is 0.206. The van der Waals surface area contributed by atoms with E-state index in [-0.39, 0.29) is 6.61 Å². The Morgan fingerprint density at radius 3 is 2.64 bits per heavy atom. The first kappa shape index (κ1) is 11.2. The highest BCUT2D eigenvalue weighted by molar-refractivity contribution is 5.10. The van der Waals surface area contributed by atoms with Crippen LogP contribution in [0.5, 0.6) is 0 Å². The molecule has 0 spiro atoms. The van der Waals surface area contributed by atoms with Gasteiger partial charge in [-0.1, -0.05) is 32.3 Å². The van der Waals surface area contributed by atoms with Crippen LogP contribution in [0.15, 0.2) is 18.2 Å².